The lowest BCUT2D eigenvalue weighted by Crippen LogP contribution is -1.97. The van der Waals surface area contributed by atoms with Crippen molar-refractivity contribution in [3.8, 4) is 0 Å². The molecule has 1 aliphatic rings. The van der Waals surface area contributed by atoms with Crippen molar-refractivity contribution in [2.45, 2.75) is 0 Å². The number of aliphatic carboxylic acids is 1. The third-order valence-corrected chi connectivity index (χ3v) is 1.15. The van der Waals surface area contributed by atoms with E-state index in [0.29, 0.717) is 0 Å². The van der Waals surface area contributed by atoms with Crippen LogP contribution in [-0.2, 0) is 4.79 Å². The number of hydrogen-bond donors (Lipinski definition) is 1. The molecule has 1 rings (SSSR count). The number of rotatable bonds is 1. The molecule has 56 valence electrons. The predicted octanol–water partition coefficient (Wildman–Crippen LogP) is 1.15. The van der Waals surface area contributed by atoms with Gasteiger partial charge in [-0.2, -0.15) is 0 Å². The van der Waals surface area contributed by atoms with E-state index >= 15 is 0 Å². The second-order valence-electron chi connectivity index (χ2n) is 1.93. The van der Waals surface area contributed by atoms with E-state index < -0.39 is 5.97 Å². The molecule has 0 atom stereocenters. The average molecular weight is 149 g/mol. The minimum Gasteiger partial charge on any atom is -0.478 e. The fourth-order valence-corrected chi connectivity index (χ4v) is 0.630. The maximum absolute atomic E-state index is 10.4. The molecule has 0 aromatic rings. The molecule has 1 aliphatic heterocycles. The van der Waals surface area contributed by atoms with Crippen LogP contribution in [0.2, 0.25) is 0 Å². The zero-order valence-electron chi connectivity index (χ0n) is 5.77. The lowest BCUT2D eigenvalue weighted by Gasteiger charge is -1.91. The summed E-state index contributed by atoms with van der Waals surface area (Å²) in [6, 6.07) is 0. The van der Waals surface area contributed by atoms with Gasteiger partial charge in [0.2, 0.25) is 0 Å². The molecule has 11 heavy (non-hydrogen) atoms. The zero-order valence-corrected chi connectivity index (χ0v) is 5.77. The first kappa shape index (κ1) is 7.47. The van der Waals surface area contributed by atoms with Gasteiger partial charge in [-0.1, -0.05) is 6.08 Å². The minimum atomic E-state index is -0.942. The number of aliphatic imine (C=N–C) groups is 1. The van der Waals surface area contributed by atoms with Crippen molar-refractivity contribution in [2.24, 2.45) is 4.99 Å². The van der Waals surface area contributed by atoms with Crippen LogP contribution in [0.5, 0.6) is 0 Å². The summed E-state index contributed by atoms with van der Waals surface area (Å²) >= 11 is 0. The van der Waals surface area contributed by atoms with Crippen molar-refractivity contribution >= 4 is 12.2 Å². The lowest BCUT2D eigenvalue weighted by atomic mass is 10.2. The first-order valence-electron chi connectivity index (χ1n) is 3.10. The van der Waals surface area contributed by atoms with Crippen LogP contribution < -0.4 is 0 Å². The zero-order chi connectivity index (χ0) is 8.10. The topological polar surface area (TPSA) is 49.7 Å². The van der Waals surface area contributed by atoms with E-state index in [1.165, 1.54) is 18.4 Å². The van der Waals surface area contributed by atoms with Crippen LogP contribution in [-0.4, -0.2) is 17.3 Å². The van der Waals surface area contributed by atoms with Crippen LogP contribution in [0.1, 0.15) is 0 Å². The van der Waals surface area contributed by atoms with E-state index in [2.05, 4.69) is 4.99 Å². The predicted molar refractivity (Wildman–Crippen MR) is 42.5 cm³/mol. The number of hydrogen-bond acceptors (Lipinski definition) is 2. The van der Waals surface area contributed by atoms with Crippen molar-refractivity contribution in [1.29, 1.82) is 0 Å². The van der Waals surface area contributed by atoms with Gasteiger partial charge in [0.05, 0.1) is 5.57 Å². The highest BCUT2D eigenvalue weighted by Crippen LogP contribution is 1.98. The summed E-state index contributed by atoms with van der Waals surface area (Å²) in [5.41, 5.74) is 0.234. The van der Waals surface area contributed by atoms with Gasteiger partial charge in [0, 0.05) is 12.4 Å². The maximum atomic E-state index is 10.4. The molecule has 0 unspecified atom stereocenters. The molecule has 0 bridgehead atoms. The van der Waals surface area contributed by atoms with E-state index in [0.717, 1.165) is 0 Å². The van der Waals surface area contributed by atoms with Crippen LogP contribution >= 0.6 is 0 Å². The Hall–Kier alpha value is -1.64. The molecule has 0 saturated heterocycles. The third kappa shape index (κ3) is 2.21. The Morgan fingerprint density at radius 3 is 3.00 bits per heavy atom. The Bertz CT molecular complexity index is 272. The van der Waals surface area contributed by atoms with Gasteiger partial charge >= 0.3 is 5.97 Å². The molecule has 0 aromatic heterocycles. The molecule has 3 heteroatoms. The van der Waals surface area contributed by atoms with Gasteiger partial charge in [-0.3, -0.25) is 4.99 Å². The number of carbonyl (C=O) groups is 1. The van der Waals surface area contributed by atoms with E-state index in [1.807, 2.05) is 0 Å². The Morgan fingerprint density at radius 1 is 1.45 bits per heavy atom. The lowest BCUT2D eigenvalue weighted by molar-refractivity contribution is -0.132. The molecule has 0 aromatic carbocycles. The summed E-state index contributed by atoms with van der Waals surface area (Å²) in [6.45, 7) is 0. The van der Waals surface area contributed by atoms with Crippen LogP contribution in [0, 0.1) is 0 Å². The highest BCUT2D eigenvalue weighted by atomic mass is 16.4. The van der Waals surface area contributed by atoms with Gasteiger partial charge in [0.25, 0.3) is 0 Å². The van der Waals surface area contributed by atoms with Crippen molar-refractivity contribution in [2.75, 3.05) is 0 Å². The van der Waals surface area contributed by atoms with Gasteiger partial charge in [0.15, 0.2) is 0 Å². The van der Waals surface area contributed by atoms with Crippen molar-refractivity contribution in [3.05, 3.63) is 36.1 Å². The molecular formula is C8H7NO2. The summed E-state index contributed by atoms with van der Waals surface area (Å²) in [5.74, 6) is -0.942. The van der Waals surface area contributed by atoms with Gasteiger partial charge in [-0.15, -0.1) is 0 Å². The first-order chi connectivity index (χ1) is 5.30. The van der Waals surface area contributed by atoms with Crippen molar-refractivity contribution in [3.63, 3.8) is 0 Å². The quantitative estimate of drug-likeness (QED) is 0.608. The normalized spacial score (nSPS) is 28.9. The third-order valence-electron chi connectivity index (χ3n) is 1.15. The Morgan fingerprint density at radius 2 is 2.27 bits per heavy atom. The molecule has 0 saturated carbocycles. The summed E-state index contributed by atoms with van der Waals surface area (Å²) in [5, 5.41) is 8.55. The average Bonchev–Trinajstić information content (AvgIpc) is 1.84. The standard InChI is InChI=1S/C8H7NO2/c10-8(11)7-3-1-2-5-9-6-4-7/h1-6H,(H,10,11)/b2-1?,3-1-,5-2-,6-4?,7-3?,7-4+,9-5?,9-6-. The number of carboxylic acids is 1. The monoisotopic (exact) mass is 149 g/mol. The summed E-state index contributed by atoms with van der Waals surface area (Å²) in [7, 11) is 0. The Balaban J connectivity index is 2.87. The van der Waals surface area contributed by atoms with Crippen LogP contribution in [0.3, 0.4) is 0 Å². The Kier molecular flexibility index (Phi) is 2.38. The summed E-state index contributed by atoms with van der Waals surface area (Å²) < 4.78 is 0. The fourth-order valence-electron chi connectivity index (χ4n) is 0.630. The number of nitrogens with zero attached hydrogens (tertiary/aromatic N) is 1. The molecule has 0 aliphatic carbocycles. The second-order valence-corrected chi connectivity index (χ2v) is 1.93. The molecular weight excluding hydrogens is 142 g/mol. The van der Waals surface area contributed by atoms with E-state index in [1.54, 1.807) is 18.4 Å². The van der Waals surface area contributed by atoms with Gasteiger partial charge in [-0.25, -0.2) is 4.79 Å². The summed E-state index contributed by atoms with van der Waals surface area (Å²) in [4.78, 5) is 14.2. The van der Waals surface area contributed by atoms with Gasteiger partial charge in [0.1, 0.15) is 0 Å². The van der Waals surface area contributed by atoms with E-state index in [-0.39, 0.29) is 5.57 Å². The molecule has 3 nitrogen and oxygen atoms in total. The SMILES string of the molecule is O=C(O)C1=C/C=N\C=C/C=C\1. The Labute approximate surface area is 64.1 Å². The fraction of sp³-hybridized carbons (Fsp3) is 0. The van der Waals surface area contributed by atoms with Gasteiger partial charge in [-0.05, 0) is 18.2 Å². The first-order valence-corrected chi connectivity index (χ1v) is 3.10. The highest BCUT2D eigenvalue weighted by molar-refractivity contribution is 5.95. The van der Waals surface area contributed by atoms with Crippen LogP contribution in [0.15, 0.2) is 41.1 Å². The molecule has 0 fully saturated rings. The van der Waals surface area contributed by atoms with E-state index in [9.17, 15) is 4.79 Å². The minimum absolute atomic E-state index is 0.234. The van der Waals surface area contributed by atoms with Gasteiger partial charge < -0.3 is 5.11 Å². The number of carboxylic acid groups (broad SMARTS) is 1. The van der Waals surface area contributed by atoms with Crippen molar-refractivity contribution in [1.82, 2.24) is 0 Å². The van der Waals surface area contributed by atoms with Crippen molar-refractivity contribution < 1.29 is 9.90 Å². The number of allylic oxidation sites excluding steroid dienone is 3. The largest absolute Gasteiger partial charge is 0.478 e. The second kappa shape index (κ2) is 3.51. The van der Waals surface area contributed by atoms with Crippen LogP contribution in [0.25, 0.3) is 0 Å². The molecule has 1 N–H and O–H groups in total. The molecule has 0 spiro atoms. The highest BCUT2D eigenvalue weighted by Gasteiger charge is 2.00. The molecule has 0 radical (unpaired) electrons. The molecule has 0 amide bonds. The maximum Gasteiger partial charge on any atom is 0.335 e. The molecule has 1 heterocycles. The summed E-state index contributed by atoms with van der Waals surface area (Å²) in [6.07, 6.45) is 9.31. The smallest absolute Gasteiger partial charge is 0.335 e. The van der Waals surface area contributed by atoms with Crippen LogP contribution in [0.4, 0.5) is 0 Å². The van der Waals surface area contributed by atoms with E-state index in [4.69, 9.17) is 5.11 Å².